The van der Waals surface area contributed by atoms with Crippen molar-refractivity contribution in [2.75, 3.05) is 5.75 Å². The lowest BCUT2D eigenvalue weighted by Crippen LogP contribution is -2.60. The normalized spacial score (nSPS) is 25.3. The Balaban J connectivity index is 1.24. The van der Waals surface area contributed by atoms with Crippen molar-refractivity contribution in [1.82, 2.24) is 4.98 Å². The second-order valence-corrected chi connectivity index (χ2v) is 15.3. The third-order valence-electron chi connectivity index (χ3n) is 9.62. The molecular weight excluding hydrogens is 718 g/mol. The number of benzene rings is 3. The molecule has 0 unspecified atom stereocenters. The van der Waals surface area contributed by atoms with Crippen LogP contribution in [0.25, 0.3) is 23.1 Å². The number of carboxylic acids is 1. The molecule has 0 spiro atoms. The van der Waals surface area contributed by atoms with E-state index in [0.717, 1.165) is 22.0 Å². The van der Waals surface area contributed by atoms with Crippen LogP contribution < -0.4 is 0 Å². The maximum absolute atomic E-state index is 13.2. The number of carboxylic acid groups (broad SMARTS) is 1. The molecule has 1 saturated carbocycles. The van der Waals surface area contributed by atoms with Crippen molar-refractivity contribution in [2.45, 2.75) is 87.4 Å². The molecule has 1 aromatic heterocycles. The summed E-state index contributed by atoms with van der Waals surface area (Å²) in [7, 11) is 0. The van der Waals surface area contributed by atoms with E-state index in [0.29, 0.717) is 41.3 Å². The summed E-state index contributed by atoms with van der Waals surface area (Å²) in [6, 6.07) is 23.1. The quantitative estimate of drug-likeness (QED) is 0.0915. The van der Waals surface area contributed by atoms with Gasteiger partial charge in [0.2, 0.25) is 6.29 Å². The number of carbonyl (C=O) groups excluding carboxylic acids is 1. The Hall–Kier alpha value is -3.81. The van der Waals surface area contributed by atoms with Gasteiger partial charge in [-0.1, -0.05) is 78.3 Å². The zero-order valence-corrected chi connectivity index (χ0v) is 30.0. The number of aromatic nitrogens is 1. The Labute approximate surface area is 325 Å². The minimum absolute atomic E-state index is 0.116. The average molecular weight is 768 g/mol. The number of hydrogen-bond donors (Lipinski definition) is 5. The summed E-state index contributed by atoms with van der Waals surface area (Å²) >= 11 is 7.72. The van der Waals surface area contributed by atoms with Gasteiger partial charge in [0, 0.05) is 29.6 Å². The van der Waals surface area contributed by atoms with Gasteiger partial charge in [-0.25, -0.2) is 9.78 Å². The number of thioether (sulfide) groups is 1. The van der Waals surface area contributed by atoms with Crippen LogP contribution >= 0.6 is 23.4 Å². The van der Waals surface area contributed by atoms with Crippen molar-refractivity contribution < 1.29 is 52.8 Å². The van der Waals surface area contributed by atoms with Gasteiger partial charge in [-0.05, 0) is 91.3 Å². The van der Waals surface area contributed by atoms with Crippen LogP contribution in [-0.2, 0) is 31.1 Å². The van der Waals surface area contributed by atoms with E-state index in [1.54, 1.807) is 24.3 Å². The van der Waals surface area contributed by atoms with Gasteiger partial charge in [0.1, 0.15) is 18.3 Å². The van der Waals surface area contributed by atoms with E-state index in [-0.39, 0.29) is 23.7 Å². The third-order valence-corrected chi connectivity index (χ3v) is 11.5. The van der Waals surface area contributed by atoms with Gasteiger partial charge in [-0.15, -0.1) is 0 Å². The molecule has 0 radical (unpaired) electrons. The second-order valence-electron chi connectivity index (χ2n) is 13.7. The number of fused-ring (bicyclic) bond motifs is 1. The van der Waals surface area contributed by atoms with Crippen molar-refractivity contribution in [3.8, 4) is 0 Å². The third kappa shape index (κ3) is 9.66. The Morgan fingerprint density at radius 3 is 2.57 bits per heavy atom. The van der Waals surface area contributed by atoms with Crippen molar-refractivity contribution in [2.24, 2.45) is 5.41 Å². The topological polar surface area (TPSA) is 167 Å². The zero-order chi connectivity index (χ0) is 42.9. The number of ether oxygens (including phenoxy) is 2. The van der Waals surface area contributed by atoms with Gasteiger partial charge in [0.15, 0.2) is 6.10 Å². The number of aliphatic carboxylic acids is 1. The molecule has 10 nitrogen and oxygen atoms in total. The van der Waals surface area contributed by atoms with Gasteiger partial charge in [0.05, 0.1) is 23.2 Å². The molecule has 280 valence electrons. The van der Waals surface area contributed by atoms with Gasteiger partial charge >= 0.3 is 11.9 Å². The molecule has 12 heteroatoms. The summed E-state index contributed by atoms with van der Waals surface area (Å²) in [5.74, 6) is -1.96. The summed E-state index contributed by atoms with van der Waals surface area (Å²) in [5.41, 5.74) is -0.319. The highest BCUT2D eigenvalue weighted by Crippen LogP contribution is 2.53. The molecule has 3 aromatic carbocycles. The van der Waals surface area contributed by atoms with Crippen molar-refractivity contribution in [3.05, 3.63) is 112 Å². The zero-order valence-electron chi connectivity index (χ0n) is 34.5. The monoisotopic (exact) mass is 767 g/mol. The number of esters is 1. The first-order valence-electron chi connectivity index (χ1n) is 20.1. The fourth-order valence-electron chi connectivity index (χ4n) is 6.42. The minimum Gasteiger partial charge on any atom is -0.479 e. The molecule has 1 saturated heterocycles. The Morgan fingerprint density at radius 2 is 1.81 bits per heavy atom. The molecular formula is C41H44ClNO9S. The summed E-state index contributed by atoms with van der Waals surface area (Å²) in [4.78, 5) is 29.4. The molecule has 2 fully saturated rings. The van der Waals surface area contributed by atoms with Crippen molar-refractivity contribution in [1.29, 1.82) is 0 Å². The van der Waals surface area contributed by atoms with Crippen LogP contribution in [0.1, 0.15) is 80.8 Å². The fourth-order valence-corrected chi connectivity index (χ4v) is 8.16. The summed E-state index contributed by atoms with van der Waals surface area (Å²) in [6.45, 7) is -6.54. The largest absolute Gasteiger partial charge is 0.479 e. The average Bonchev–Trinajstić information content (AvgIpc) is 3.94. The lowest BCUT2D eigenvalue weighted by molar-refractivity contribution is -0.286. The van der Waals surface area contributed by atoms with E-state index >= 15 is 0 Å². The van der Waals surface area contributed by atoms with Gasteiger partial charge < -0.3 is 35.0 Å². The first kappa shape index (κ1) is 31.5. The molecule has 1 aliphatic heterocycles. The molecule has 2 heterocycles. The van der Waals surface area contributed by atoms with Crippen LogP contribution in [0.5, 0.6) is 0 Å². The van der Waals surface area contributed by atoms with E-state index in [9.17, 15) is 35.1 Å². The van der Waals surface area contributed by atoms with Crippen LogP contribution in [0.3, 0.4) is 0 Å². The highest BCUT2D eigenvalue weighted by atomic mass is 35.5. The molecule has 2 aliphatic rings. The standard InChI is InChI=1S/C41H44ClNO9S/c1-40(2,50)30-9-4-3-7-25(30)13-17-32(27-8-5-6-24(20-27)10-15-29-16-12-26-11-14-28(42)21-31(26)43-29)53-23-41(18-19-41)22-33(44)51-39-36(47)34(45)35(46)37(52-39)38(48)49/h3-12,14-16,20-21,32,34-37,39,45-47,50H,13,17-19,22-23H2,1-2H3,(H,48,49)/b15-10+/t32-,34+,35+,36-,37+,39-/m1/s1/i1D3,2D3. The Kier molecular flexibility index (Phi) is 9.69. The van der Waals surface area contributed by atoms with Crippen LogP contribution in [0.15, 0.2) is 78.9 Å². The van der Waals surface area contributed by atoms with E-state index in [1.165, 1.54) is 23.9 Å². The predicted molar refractivity (Wildman–Crippen MR) is 204 cm³/mol. The highest BCUT2D eigenvalue weighted by Gasteiger charge is 2.50. The number of rotatable bonds is 14. The maximum atomic E-state index is 13.2. The van der Waals surface area contributed by atoms with Crippen LogP contribution in [0.2, 0.25) is 5.02 Å². The molecule has 53 heavy (non-hydrogen) atoms. The Morgan fingerprint density at radius 1 is 1.04 bits per heavy atom. The van der Waals surface area contributed by atoms with Crippen LogP contribution in [-0.4, -0.2) is 78.9 Å². The van der Waals surface area contributed by atoms with Crippen molar-refractivity contribution in [3.63, 3.8) is 0 Å². The SMILES string of the molecule is [2H]C([2H])([2H])C(O)(c1ccccc1CC[C@@H](SCC1(CC(=O)O[C@@H]2O[C@H](C(=O)O)[C@@H](O)[C@H](O)[C@H]2O)CC1)c1cccc(/C=C/c2ccc3ccc(Cl)cc3n2)c1)C([2H])([2H])[2H]. The number of aliphatic hydroxyl groups excluding tert-OH is 3. The summed E-state index contributed by atoms with van der Waals surface area (Å²) < 4.78 is 58.6. The highest BCUT2D eigenvalue weighted by molar-refractivity contribution is 7.99. The molecule has 6 rings (SSSR count). The number of pyridine rings is 1. The first-order chi connectivity index (χ1) is 27.7. The van der Waals surface area contributed by atoms with Gasteiger partial charge in [0.25, 0.3) is 0 Å². The predicted octanol–water partition coefficient (Wildman–Crippen LogP) is 6.30. The lowest BCUT2D eigenvalue weighted by Gasteiger charge is -2.38. The molecule has 6 atom stereocenters. The van der Waals surface area contributed by atoms with E-state index in [4.69, 9.17) is 34.3 Å². The number of halogens is 1. The minimum atomic E-state index is -3.27. The molecule has 1 aliphatic carbocycles. The first-order valence-corrected chi connectivity index (χ1v) is 18.5. The van der Waals surface area contributed by atoms with E-state index in [1.807, 2.05) is 54.6 Å². The molecule has 0 amide bonds. The summed E-state index contributed by atoms with van der Waals surface area (Å²) in [6.07, 6.45) is -3.96. The van der Waals surface area contributed by atoms with Crippen molar-refractivity contribution >= 4 is 58.4 Å². The second kappa shape index (κ2) is 16.3. The van der Waals surface area contributed by atoms with E-state index < -0.39 is 67.4 Å². The van der Waals surface area contributed by atoms with Gasteiger partial charge in [-0.2, -0.15) is 11.8 Å². The number of nitrogens with zero attached hydrogens (tertiary/aromatic N) is 1. The summed E-state index contributed by atoms with van der Waals surface area (Å²) in [5, 5.41) is 52.5. The molecule has 0 bridgehead atoms. The number of hydrogen-bond acceptors (Lipinski definition) is 10. The fraction of sp³-hybridized carbons (Fsp3) is 0.390. The van der Waals surface area contributed by atoms with Gasteiger partial charge in [-0.3, -0.25) is 4.79 Å². The van der Waals surface area contributed by atoms with Crippen LogP contribution in [0.4, 0.5) is 0 Å². The molecule has 4 aromatic rings. The Bertz CT molecular complexity index is 2190. The number of aliphatic hydroxyl groups is 4. The van der Waals surface area contributed by atoms with Crippen LogP contribution in [0, 0.1) is 5.41 Å². The number of aryl methyl sites for hydroxylation is 1. The molecule has 5 N–H and O–H groups in total. The lowest BCUT2D eigenvalue weighted by atomic mass is 9.90. The maximum Gasteiger partial charge on any atom is 0.335 e. The number of carbonyl (C=O) groups is 2. The smallest absolute Gasteiger partial charge is 0.335 e. The van der Waals surface area contributed by atoms with E-state index in [2.05, 4.69) is 0 Å².